The van der Waals surface area contributed by atoms with E-state index < -0.39 is 0 Å². The molecule has 23 heavy (non-hydrogen) atoms. The molecule has 124 valence electrons. The van der Waals surface area contributed by atoms with Gasteiger partial charge in [0.15, 0.2) is 0 Å². The number of amides is 1. The Morgan fingerprint density at radius 3 is 2.96 bits per heavy atom. The van der Waals surface area contributed by atoms with Crippen molar-refractivity contribution in [2.75, 3.05) is 0 Å². The first-order chi connectivity index (χ1) is 10.8. The van der Waals surface area contributed by atoms with Gasteiger partial charge in [-0.3, -0.25) is 4.79 Å². The van der Waals surface area contributed by atoms with Gasteiger partial charge in [-0.25, -0.2) is 9.97 Å². The number of nitrogens with zero attached hydrogens (tertiary/aromatic N) is 3. The van der Waals surface area contributed by atoms with Crippen LogP contribution in [-0.4, -0.2) is 20.4 Å². The maximum Gasteiger partial charge on any atom is 0.225 e. The SMILES string of the molecule is Cc1ncc2n1CC(C(=O)NCc1nc(C(C)(C)C)co1)CC2. The van der Waals surface area contributed by atoms with E-state index in [0.29, 0.717) is 19.0 Å². The Kier molecular flexibility index (Phi) is 4.00. The summed E-state index contributed by atoms with van der Waals surface area (Å²) in [5.74, 6) is 1.56. The lowest BCUT2D eigenvalue weighted by molar-refractivity contribution is -0.126. The number of hydrogen-bond donors (Lipinski definition) is 1. The zero-order valence-corrected chi connectivity index (χ0v) is 14.2. The molecule has 0 radical (unpaired) electrons. The molecule has 2 aromatic rings. The number of aryl methyl sites for hydroxylation is 2. The molecule has 0 saturated carbocycles. The zero-order valence-electron chi connectivity index (χ0n) is 14.2. The van der Waals surface area contributed by atoms with Gasteiger partial charge in [-0.05, 0) is 19.8 Å². The number of hydrogen-bond acceptors (Lipinski definition) is 4. The molecule has 0 aromatic carbocycles. The van der Waals surface area contributed by atoms with E-state index in [2.05, 4.69) is 40.6 Å². The molecule has 3 heterocycles. The van der Waals surface area contributed by atoms with Crippen LogP contribution in [0, 0.1) is 12.8 Å². The minimum Gasteiger partial charge on any atom is -0.447 e. The standard InChI is InChI=1S/C17H24N4O2/c1-11-18-7-13-6-5-12(9-21(11)13)16(22)19-8-15-20-14(10-23-15)17(2,3)4/h7,10,12H,5-6,8-9H2,1-4H3,(H,19,22). The summed E-state index contributed by atoms with van der Waals surface area (Å²) in [7, 11) is 0. The molecule has 2 aromatic heterocycles. The van der Waals surface area contributed by atoms with Crippen LogP contribution in [0.25, 0.3) is 0 Å². The summed E-state index contributed by atoms with van der Waals surface area (Å²) in [5.41, 5.74) is 2.07. The first-order valence-electron chi connectivity index (χ1n) is 8.08. The highest BCUT2D eigenvalue weighted by atomic mass is 16.3. The van der Waals surface area contributed by atoms with E-state index in [9.17, 15) is 4.79 Å². The maximum atomic E-state index is 12.4. The van der Waals surface area contributed by atoms with Crippen molar-refractivity contribution >= 4 is 5.91 Å². The molecule has 0 saturated heterocycles. The molecule has 0 aliphatic carbocycles. The smallest absolute Gasteiger partial charge is 0.225 e. The van der Waals surface area contributed by atoms with Gasteiger partial charge in [-0.1, -0.05) is 20.8 Å². The van der Waals surface area contributed by atoms with Gasteiger partial charge in [-0.15, -0.1) is 0 Å². The molecule has 0 fully saturated rings. The number of imidazole rings is 1. The number of fused-ring (bicyclic) bond motifs is 1. The fourth-order valence-corrected chi connectivity index (χ4v) is 2.86. The molecule has 0 spiro atoms. The lowest BCUT2D eigenvalue weighted by Crippen LogP contribution is -2.36. The quantitative estimate of drug-likeness (QED) is 0.943. The van der Waals surface area contributed by atoms with Gasteiger partial charge in [0.2, 0.25) is 11.8 Å². The second-order valence-electron chi connectivity index (χ2n) is 7.24. The molecule has 1 amide bonds. The maximum absolute atomic E-state index is 12.4. The van der Waals surface area contributed by atoms with Crippen LogP contribution in [0.5, 0.6) is 0 Å². The Bertz CT molecular complexity index is 708. The van der Waals surface area contributed by atoms with E-state index in [4.69, 9.17) is 4.42 Å². The molecule has 0 bridgehead atoms. The van der Waals surface area contributed by atoms with Crippen LogP contribution in [0.15, 0.2) is 16.9 Å². The predicted octanol–water partition coefficient (Wildman–Crippen LogP) is 2.36. The Morgan fingerprint density at radius 2 is 2.26 bits per heavy atom. The molecule has 6 heteroatoms. The van der Waals surface area contributed by atoms with Gasteiger partial charge in [0.1, 0.15) is 12.1 Å². The van der Waals surface area contributed by atoms with Crippen molar-refractivity contribution in [2.24, 2.45) is 5.92 Å². The minimum atomic E-state index is -0.0511. The Labute approximate surface area is 136 Å². The summed E-state index contributed by atoms with van der Waals surface area (Å²) in [5, 5.41) is 2.95. The van der Waals surface area contributed by atoms with Gasteiger partial charge in [0, 0.05) is 23.9 Å². The zero-order chi connectivity index (χ0) is 16.6. The molecule has 3 rings (SSSR count). The summed E-state index contributed by atoms with van der Waals surface area (Å²) >= 11 is 0. The van der Waals surface area contributed by atoms with E-state index in [1.54, 1.807) is 6.26 Å². The van der Waals surface area contributed by atoms with Crippen molar-refractivity contribution in [3.63, 3.8) is 0 Å². The van der Waals surface area contributed by atoms with E-state index in [0.717, 1.165) is 24.4 Å². The molecule has 1 unspecified atom stereocenters. The van der Waals surface area contributed by atoms with Crippen LogP contribution in [0.3, 0.4) is 0 Å². The second-order valence-corrected chi connectivity index (χ2v) is 7.24. The van der Waals surface area contributed by atoms with Gasteiger partial charge in [0.05, 0.1) is 18.2 Å². The number of nitrogens with one attached hydrogen (secondary N) is 1. The van der Waals surface area contributed by atoms with Gasteiger partial charge in [0.25, 0.3) is 0 Å². The topological polar surface area (TPSA) is 73.0 Å². The van der Waals surface area contributed by atoms with Gasteiger partial charge >= 0.3 is 0 Å². The predicted molar refractivity (Wildman–Crippen MR) is 85.8 cm³/mol. The lowest BCUT2D eigenvalue weighted by Gasteiger charge is -2.24. The van der Waals surface area contributed by atoms with Crippen molar-refractivity contribution in [1.82, 2.24) is 19.9 Å². The van der Waals surface area contributed by atoms with E-state index in [-0.39, 0.29) is 17.2 Å². The molecule has 6 nitrogen and oxygen atoms in total. The summed E-state index contributed by atoms with van der Waals surface area (Å²) in [6, 6.07) is 0. The third-order valence-corrected chi connectivity index (χ3v) is 4.39. The number of carbonyl (C=O) groups excluding carboxylic acids is 1. The summed E-state index contributed by atoms with van der Waals surface area (Å²) in [6.07, 6.45) is 5.33. The van der Waals surface area contributed by atoms with Crippen LogP contribution in [0.1, 0.15) is 50.3 Å². The normalized spacial score (nSPS) is 17.8. The van der Waals surface area contributed by atoms with Crippen molar-refractivity contribution in [1.29, 1.82) is 0 Å². The highest BCUT2D eigenvalue weighted by molar-refractivity contribution is 5.78. The average Bonchev–Trinajstić information content (AvgIpc) is 3.11. The Morgan fingerprint density at radius 1 is 1.48 bits per heavy atom. The number of rotatable bonds is 3. The number of aromatic nitrogens is 3. The molecular formula is C17H24N4O2. The molecule has 1 atom stereocenters. The molecule has 1 N–H and O–H groups in total. The third kappa shape index (κ3) is 3.30. The van der Waals surface area contributed by atoms with Crippen LogP contribution in [-0.2, 0) is 29.7 Å². The van der Waals surface area contributed by atoms with E-state index in [1.165, 1.54) is 5.69 Å². The Hall–Kier alpha value is -2.11. The highest BCUT2D eigenvalue weighted by Gasteiger charge is 2.26. The average molecular weight is 316 g/mol. The summed E-state index contributed by atoms with van der Waals surface area (Å²) in [6.45, 7) is 9.26. The summed E-state index contributed by atoms with van der Waals surface area (Å²) < 4.78 is 7.59. The first-order valence-corrected chi connectivity index (χ1v) is 8.08. The van der Waals surface area contributed by atoms with Crippen molar-refractivity contribution in [3.8, 4) is 0 Å². The van der Waals surface area contributed by atoms with Crippen LogP contribution in [0.2, 0.25) is 0 Å². The van der Waals surface area contributed by atoms with Crippen molar-refractivity contribution in [3.05, 3.63) is 35.6 Å². The minimum absolute atomic E-state index is 0.0209. The van der Waals surface area contributed by atoms with Gasteiger partial charge in [-0.2, -0.15) is 0 Å². The molecular weight excluding hydrogens is 292 g/mol. The lowest BCUT2D eigenvalue weighted by atomic mass is 9.93. The monoisotopic (exact) mass is 316 g/mol. The fourth-order valence-electron chi connectivity index (χ4n) is 2.86. The van der Waals surface area contributed by atoms with Crippen LogP contribution >= 0.6 is 0 Å². The fraction of sp³-hybridized carbons (Fsp3) is 0.588. The molecule has 1 aliphatic rings. The molecule has 1 aliphatic heterocycles. The third-order valence-electron chi connectivity index (χ3n) is 4.39. The van der Waals surface area contributed by atoms with E-state index >= 15 is 0 Å². The van der Waals surface area contributed by atoms with E-state index in [1.807, 2.05) is 13.1 Å². The number of carbonyl (C=O) groups is 1. The van der Waals surface area contributed by atoms with Crippen LogP contribution < -0.4 is 5.32 Å². The Balaban J connectivity index is 1.58. The highest BCUT2D eigenvalue weighted by Crippen LogP contribution is 2.22. The first kappa shape index (κ1) is 15.8. The summed E-state index contributed by atoms with van der Waals surface area (Å²) in [4.78, 5) is 21.2. The number of oxazole rings is 1. The van der Waals surface area contributed by atoms with Crippen LogP contribution in [0.4, 0.5) is 0 Å². The van der Waals surface area contributed by atoms with Gasteiger partial charge < -0.3 is 14.3 Å². The second kappa shape index (κ2) is 5.83. The van der Waals surface area contributed by atoms with Crippen molar-refractivity contribution in [2.45, 2.75) is 59.0 Å². The largest absolute Gasteiger partial charge is 0.447 e. The van der Waals surface area contributed by atoms with Crippen molar-refractivity contribution < 1.29 is 9.21 Å².